The van der Waals surface area contributed by atoms with E-state index in [1.807, 2.05) is 0 Å². The summed E-state index contributed by atoms with van der Waals surface area (Å²) in [6.45, 7) is 3.15. The van der Waals surface area contributed by atoms with Crippen LogP contribution in [0.3, 0.4) is 0 Å². The summed E-state index contributed by atoms with van der Waals surface area (Å²) in [6.07, 6.45) is 27.4. The van der Waals surface area contributed by atoms with E-state index in [0.717, 1.165) is 89.9 Å². The monoisotopic (exact) mass is 859 g/mol. The number of hydrogen-bond donors (Lipinski definition) is 6. The number of aliphatic hydroxyl groups is 5. The van der Waals surface area contributed by atoms with E-state index in [9.17, 15) is 44.6 Å². The molecule has 0 bridgehead atoms. The Hall–Kier alpha value is -2.19. The summed E-state index contributed by atoms with van der Waals surface area (Å²) < 4.78 is 33.5. The van der Waals surface area contributed by atoms with E-state index in [1.165, 1.54) is 38.5 Å². The molecule has 0 aromatic rings. The molecule has 1 aliphatic rings. The Morgan fingerprint density at radius 1 is 0.542 bits per heavy atom. The van der Waals surface area contributed by atoms with Gasteiger partial charge in [-0.15, -0.1) is 0 Å². The lowest BCUT2D eigenvalue weighted by molar-refractivity contribution is -0.220. The summed E-state index contributed by atoms with van der Waals surface area (Å²) in [5.74, 6) is -1.13. The highest BCUT2D eigenvalue weighted by Crippen LogP contribution is 2.47. The molecule has 0 radical (unpaired) electrons. The molecule has 59 heavy (non-hydrogen) atoms. The highest BCUT2D eigenvalue weighted by atomic mass is 31.2. The molecule has 1 saturated carbocycles. The SMILES string of the molecule is CCC=CCC=CCC=CCCCCCCCC(=O)OC[C@H](COP(=O)(O)OC1C(O)C(O)C(O)[C@@H](O)C1O)OC(=O)CCCCCCCC=CCCCCCCCC. The van der Waals surface area contributed by atoms with E-state index in [-0.39, 0.29) is 12.8 Å². The molecular formula is C45H79O13P. The minimum Gasteiger partial charge on any atom is -0.462 e. The van der Waals surface area contributed by atoms with E-state index >= 15 is 0 Å². The Morgan fingerprint density at radius 3 is 1.49 bits per heavy atom. The second kappa shape index (κ2) is 35.4. The van der Waals surface area contributed by atoms with E-state index in [0.29, 0.717) is 12.8 Å². The predicted octanol–water partition coefficient (Wildman–Crippen LogP) is 8.39. The second-order valence-electron chi connectivity index (χ2n) is 15.5. The molecule has 1 aliphatic carbocycles. The lowest BCUT2D eigenvalue weighted by Crippen LogP contribution is -2.64. The number of phosphoric acid groups is 1. The van der Waals surface area contributed by atoms with Gasteiger partial charge in [-0.05, 0) is 70.6 Å². The fraction of sp³-hybridized carbons (Fsp3) is 0.778. The van der Waals surface area contributed by atoms with E-state index in [1.54, 1.807) is 0 Å². The molecule has 0 amide bonds. The van der Waals surface area contributed by atoms with Gasteiger partial charge in [0.1, 0.15) is 43.2 Å². The van der Waals surface area contributed by atoms with Crippen LogP contribution in [0, 0.1) is 0 Å². The molecule has 6 N–H and O–H groups in total. The first kappa shape index (κ1) is 54.8. The van der Waals surface area contributed by atoms with Crippen molar-refractivity contribution < 1.29 is 63.1 Å². The first-order chi connectivity index (χ1) is 28.4. The van der Waals surface area contributed by atoms with Gasteiger partial charge in [0.2, 0.25) is 0 Å². The number of phosphoric ester groups is 1. The normalized spacial score (nSPS) is 22.8. The Balaban J connectivity index is 2.49. The number of carbonyl (C=O) groups is 2. The lowest BCUT2D eigenvalue weighted by Gasteiger charge is -2.41. The molecular weight excluding hydrogens is 779 g/mol. The number of unbranched alkanes of at least 4 members (excludes halogenated alkanes) is 16. The lowest BCUT2D eigenvalue weighted by atomic mass is 9.85. The van der Waals surface area contributed by atoms with E-state index in [4.69, 9.17) is 18.5 Å². The topological polar surface area (TPSA) is 210 Å². The van der Waals surface area contributed by atoms with Gasteiger partial charge in [-0.3, -0.25) is 18.6 Å². The highest BCUT2D eigenvalue weighted by Gasteiger charge is 2.51. The maximum Gasteiger partial charge on any atom is 0.472 e. The Morgan fingerprint density at radius 2 is 0.966 bits per heavy atom. The predicted molar refractivity (Wildman–Crippen MR) is 230 cm³/mol. The van der Waals surface area contributed by atoms with Crippen molar-refractivity contribution in [3.05, 3.63) is 48.6 Å². The molecule has 1 rings (SSSR count). The Bertz CT molecular complexity index is 1220. The average Bonchev–Trinajstić information content (AvgIpc) is 3.21. The number of allylic oxidation sites excluding steroid dienone is 8. The van der Waals surface area contributed by atoms with E-state index in [2.05, 4.69) is 62.5 Å². The van der Waals surface area contributed by atoms with Crippen LogP contribution in [-0.2, 0) is 32.7 Å². The summed E-state index contributed by atoms with van der Waals surface area (Å²) in [5, 5.41) is 50.1. The van der Waals surface area contributed by atoms with Gasteiger partial charge in [0.05, 0.1) is 6.61 Å². The molecule has 0 spiro atoms. The second-order valence-corrected chi connectivity index (χ2v) is 16.9. The van der Waals surface area contributed by atoms with Crippen molar-refractivity contribution in [2.24, 2.45) is 0 Å². The quantitative estimate of drug-likeness (QED) is 0.0152. The molecule has 0 aromatic heterocycles. The van der Waals surface area contributed by atoms with Crippen molar-refractivity contribution >= 4 is 19.8 Å². The molecule has 0 aromatic carbocycles. The molecule has 14 heteroatoms. The zero-order valence-electron chi connectivity index (χ0n) is 36.0. The van der Waals surface area contributed by atoms with Crippen molar-refractivity contribution in [2.45, 2.75) is 211 Å². The van der Waals surface area contributed by atoms with E-state index < -0.39 is 75.7 Å². The summed E-state index contributed by atoms with van der Waals surface area (Å²) in [7, 11) is -5.12. The zero-order chi connectivity index (χ0) is 43.6. The van der Waals surface area contributed by atoms with Gasteiger partial charge in [0, 0.05) is 12.8 Å². The number of carbonyl (C=O) groups excluding carboxylic acids is 2. The number of hydrogen-bond acceptors (Lipinski definition) is 12. The van der Waals surface area contributed by atoms with Crippen molar-refractivity contribution in [1.82, 2.24) is 0 Å². The zero-order valence-corrected chi connectivity index (χ0v) is 36.9. The van der Waals surface area contributed by atoms with Crippen LogP contribution in [0.5, 0.6) is 0 Å². The standard InChI is InChI=1S/C45H79O13P/c1-3-5-7-9-11-13-15-17-19-21-23-25-27-29-31-33-38(46)55-35-37(36-56-59(53,54)58-45-43(51)41(49)40(48)42(50)44(45)52)57-39(47)34-32-30-28-26-24-22-20-18-16-14-12-10-8-6-4-2/h5,7,11,13,17-20,37,40-45,48-52H,3-4,6,8-10,12,14-16,21-36H2,1-2H3,(H,53,54)/t37-,40?,41-,42?,43?,44?,45?/m1/s1. The van der Waals surface area contributed by atoms with Crippen LogP contribution in [0.2, 0.25) is 0 Å². The maximum absolute atomic E-state index is 12.8. The number of aliphatic hydroxyl groups excluding tert-OH is 5. The fourth-order valence-electron chi connectivity index (χ4n) is 6.53. The molecule has 0 heterocycles. The van der Waals surface area contributed by atoms with Crippen LogP contribution in [0.1, 0.15) is 168 Å². The highest BCUT2D eigenvalue weighted by molar-refractivity contribution is 7.47. The Kier molecular flexibility index (Phi) is 32.9. The molecule has 0 aliphatic heterocycles. The van der Waals surface area contributed by atoms with Gasteiger partial charge >= 0.3 is 19.8 Å². The summed E-state index contributed by atoms with van der Waals surface area (Å²) >= 11 is 0. The van der Waals surface area contributed by atoms with Crippen molar-refractivity contribution in [2.75, 3.05) is 13.2 Å². The minimum atomic E-state index is -5.12. The van der Waals surface area contributed by atoms with Crippen molar-refractivity contribution in [3.63, 3.8) is 0 Å². The number of ether oxygens (including phenoxy) is 2. The van der Waals surface area contributed by atoms with Crippen LogP contribution in [0.4, 0.5) is 0 Å². The van der Waals surface area contributed by atoms with Crippen molar-refractivity contribution in [3.8, 4) is 0 Å². The first-order valence-corrected chi connectivity index (χ1v) is 23.9. The molecule has 0 saturated heterocycles. The molecule has 342 valence electrons. The number of esters is 2. The van der Waals surface area contributed by atoms with Gasteiger partial charge in [-0.1, -0.05) is 133 Å². The first-order valence-electron chi connectivity index (χ1n) is 22.4. The molecule has 8 atom stereocenters. The van der Waals surface area contributed by atoms with Gasteiger partial charge in [0.15, 0.2) is 6.10 Å². The fourth-order valence-corrected chi connectivity index (χ4v) is 7.50. The molecule has 13 nitrogen and oxygen atoms in total. The smallest absolute Gasteiger partial charge is 0.462 e. The molecule has 1 fully saturated rings. The van der Waals surface area contributed by atoms with Crippen LogP contribution in [0.25, 0.3) is 0 Å². The molecule has 6 unspecified atom stereocenters. The van der Waals surface area contributed by atoms with Crippen LogP contribution in [-0.4, -0.2) is 98.3 Å². The average molecular weight is 859 g/mol. The third-order valence-electron chi connectivity index (χ3n) is 10.2. The largest absolute Gasteiger partial charge is 0.472 e. The third-order valence-corrected chi connectivity index (χ3v) is 11.1. The van der Waals surface area contributed by atoms with Crippen LogP contribution >= 0.6 is 7.82 Å². The van der Waals surface area contributed by atoms with Gasteiger partial charge in [-0.2, -0.15) is 0 Å². The van der Waals surface area contributed by atoms with Gasteiger partial charge in [-0.25, -0.2) is 4.57 Å². The maximum atomic E-state index is 12.8. The minimum absolute atomic E-state index is 0.0816. The summed E-state index contributed by atoms with van der Waals surface area (Å²) in [5.41, 5.74) is 0. The van der Waals surface area contributed by atoms with Crippen LogP contribution in [0.15, 0.2) is 48.6 Å². The van der Waals surface area contributed by atoms with Crippen LogP contribution < -0.4 is 0 Å². The van der Waals surface area contributed by atoms with Gasteiger partial charge < -0.3 is 39.9 Å². The summed E-state index contributed by atoms with van der Waals surface area (Å²) in [6, 6.07) is 0. The van der Waals surface area contributed by atoms with Crippen molar-refractivity contribution in [1.29, 1.82) is 0 Å². The third kappa shape index (κ3) is 28.1. The van der Waals surface area contributed by atoms with Gasteiger partial charge in [0.25, 0.3) is 0 Å². The Labute approximate surface area is 354 Å². The number of rotatable bonds is 36. The summed E-state index contributed by atoms with van der Waals surface area (Å²) in [4.78, 5) is 35.6.